The normalized spacial score (nSPS) is 16.7. The summed E-state index contributed by atoms with van der Waals surface area (Å²) in [6, 6.07) is 13.7. The fourth-order valence-electron chi connectivity index (χ4n) is 3.22. The van der Waals surface area contributed by atoms with Crippen molar-refractivity contribution in [1.82, 2.24) is 10.1 Å². The Hall–Kier alpha value is -3.22. The molecule has 138 valence electrons. The summed E-state index contributed by atoms with van der Waals surface area (Å²) in [6.45, 7) is 2.73. The first-order chi connectivity index (χ1) is 13.2. The largest absolute Gasteiger partial charge is 0.493 e. The van der Waals surface area contributed by atoms with E-state index in [9.17, 15) is 9.18 Å². The number of carbonyl (C=O) groups excluding carboxylic acids is 1. The number of hydrogen-bond donors (Lipinski definition) is 0. The van der Waals surface area contributed by atoms with Gasteiger partial charge in [-0.05, 0) is 31.2 Å². The lowest BCUT2D eigenvalue weighted by Crippen LogP contribution is -2.25. The molecule has 4 rings (SSSR count). The van der Waals surface area contributed by atoms with E-state index in [4.69, 9.17) is 9.26 Å². The summed E-state index contributed by atoms with van der Waals surface area (Å²) >= 11 is 0. The molecule has 0 aliphatic carbocycles. The zero-order chi connectivity index (χ0) is 18.8. The van der Waals surface area contributed by atoms with Gasteiger partial charge < -0.3 is 14.2 Å². The molecule has 1 atom stereocenters. The first-order valence-corrected chi connectivity index (χ1v) is 8.78. The molecule has 1 amide bonds. The summed E-state index contributed by atoms with van der Waals surface area (Å²) in [6.07, 6.45) is 0.197. The van der Waals surface area contributed by atoms with Gasteiger partial charge in [0.2, 0.25) is 17.6 Å². The van der Waals surface area contributed by atoms with Crippen molar-refractivity contribution in [2.45, 2.75) is 19.3 Å². The van der Waals surface area contributed by atoms with Crippen molar-refractivity contribution in [2.24, 2.45) is 0 Å². The van der Waals surface area contributed by atoms with Crippen LogP contribution in [0.15, 0.2) is 53.1 Å². The molecule has 0 radical (unpaired) electrons. The molecule has 0 N–H and O–H groups in total. The predicted molar refractivity (Wildman–Crippen MR) is 97.0 cm³/mol. The number of anilines is 1. The van der Waals surface area contributed by atoms with Crippen molar-refractivity contribution < 1.29 is 18.4 Å². The summed E-state index contributed by atoms with van der Waals surface area (Å²) in [5.74, 6) is 0.567. The third-order valence-corrected chi connectivity index (χ3v) is 4.49. The van der Waals surface area contributed by atoms with Crippen LogP contribution >= 0.6 is 0 Å². The molecule has 1 fully saturated rings. The Kier molecular flexibility index (Phi) is 4.58. The van der Waals surface area contributed by atoms with Crippen LogP contribution in [-0.2, 0) is 4.79 Å². The van der Waals surface area contributed by atoms with Gasteiger partial charge in [-0.25, -0.2) is 4.39 Å². The molecule has 7 heteroatoms. The average molecular weight is 367 g/mol. The fraction of sp³-hybridized carbons (Fsp3) is 0.250. The van der Waals surface area contributed by atoms with Crippen LogP contribution in [0.1, 0.15) is 25.2 Å². The van der Waals surface area contributed by atoms with E-state index in [1.54, 1.807) is 18.2 Å². The molecule has 0 spiro atoms. The molecule has 2 heterocycles. The molecule has 3 aromatic rings. The third-order valence-electron chi connectivity index (χ3n) is 4.49. The van der Waals surface area contributed by atoms with Crippen LogP contribution in [0.2, 0.25) is 0 Å². The second kappa shape index (κ2) is 7.19. The van der Waals surface area contributed by atoms with Crippen molar-refractivity contribution in [1.29, 1.82) is 0 Å². The van der Waals surface area contributed by atoms with Crippen molar-refractivity contribution in [3.8, 4) is 17.1 Å². The number of halogens is 1. The van der Waals surface area contributed by atoms with Crippen LogP contribution in [0, 0.1) is 5.82 Å². The number of nitrogens with zero attached hydrogens (tertiary/aromatic N) is 3. The monoisotopic (exact) mass is 367 g/mol. The number of amides is 1. The van der Waals surface area contributed by atoms with Gasteiger partial charge in [0.05, 0.1) is 23.8 Å². The molecule has 1 aliphatic heterocycles. The number of rotatable bonds is 5. The molecular weight excluding hydrogens is 349 g/mol. The molecule has 1 aromatic heterocycles. The SMILES string of the molecule is CCOc1ccccc1-c1noc(C2CC(=O)N(c3ccccc3F)C2)n1. The van der Waals surface area contributed by atoms with Gasteiger partial charge in [0, 0.05) is 13.0 Å². The van der Waals surface area contributed by atoms with E-state index >= 15 is 0 Å². The highest BCUT2D eigenvalue weighted by molar-refractivity contribution is 5.96. The highest BCUT2D eigenvalue weighted by atomic mass is 19.1. The van der Waals surface area contributed by atoms with Gasteiger partial charge in [-0.2, -0.15) is 4.98 Å². The molecular formula is C20H18FN3O3. The topological polar surface area (TPSA) is 68.5 Å². The summed E-state index contributed by atoms with van der Waals surface area (Å²) in [7, 11) is 0. The van der Waals surface area contributed by atoms with Crippen LogP contribution in [0.4, 0.5) is 10.1 Å². The van der Waals surface area contributed by atoms with E-state index in [1.165, 1.54) is 11.0 Å². The highest BCUT2D eigenvalue weighted by Crippen LogP contribution is 2.34. The van der Waals surface area contributed by atoms with Crippen LogP contribution < -0.4 is 9.64 Å². The van der Waals surface area contributed by atoms with Gasteiger partial charge in [0.1, 0.15) is 11.6 Å². The van der Waals surface area contributed by atoms with Gasteiger partial charge in [0.25, 0.3) is 0 Å². The van der Waals surface area contributed by atoms with Crippen molar-refractivity contribution in [3.05, 3.63) is 60.2 Å². The Morgan fingerprint density at radius 1 is 1.22 bits per heavy atom. The minimum atomic E-state index is -0.427. The van der Waals surface area contributed by atoms with E-state index in [2.05, 4.69) is 10.1 Å². The number of para-hydroxylation sites is 2. The minimum absolute atomic E-state index is 0.167. The number of aromatic nitrogens is 2. The Bertz CT molecular complexity index is 972. The van der Waals surface area contributed by atoms with Crippen LogP contribution in [-0.4, -0.2) is 29.2 Å². The maximum absolute atomic E-state index is 14.0. The summed E-state index contributed by atoms with van der Waals surface area (Å²) in [5, 5.41) is 4.04. The van der Waals surface area contributed by atoms with Gasteiger partial charge in [0.15, 0.2) is 0 Å². The summed E-state index contributed by atoms with van der Waals surface area (Å²) in [5.41, 5.74) is 0.996. The van der Waals surface area contributed by atoms with E-state index < -0.39 is 5.82 Å². The van der Waals surface area contributed by atoms with Crippen LogP contribution in [0.5, 0.6) is 5.75 Å². The standard InChI is InChI=1S/C20H18FN3O3/c1-2-26-17-10-6-3-7-14(17)19-22-20(27-23-19)13-11-18(25)24(12-13)16-9-5-4-8-15(16)21/h3-10,13H,2,11-12H2,1H3. The fourth-order valence-corrected chi connectivity index (χ4v) is 3.22. The molecule has 1 unspecified atom stereocenters. The van der Waals surface area contributed by atoms with Crippen LogP contribution in [0.25, 0.3) is 11.4 Å². The Balaban J connectivity index is 1.58. The Labute approximate surface area is 155 Å². The highest BCUT2D eigenvalue weighted by Gasteiger charge is 2.36. The maximum atomic E-state index is 14.0. The molecule has 27 heavy (non-hydrogen) atoms. The number of carbonyl (C=O) groups is 1. The zero-order valence-electron chi connectivity index (χ0n) is 14.8. The number of benzene rings is 2. The van der Waals surface area contributed by atoms with Crippen molar-refractivity contribution in [3.63, 3.8) is 0 Å². The zero-order valence-corrected chi connectivity index (χ0v) is 14.8. The van der Waals surface area contributed by atoms with Gasteiger partial charge in [-0.1, -0.05) is 29.4 Å². The Morgan fingerprint density at radius 3 is 2.81 bits per heavy atom. The second-order valence-electron chi connectivity index (χ2n) is 6.24. The van der Waals surface area contributed by atoms with Crippen molar-refractivity contribution in [2.75, 3.05) is 18.1 Å². The average Bonchev–Trinajstić information content (AvgIpc) is 3.30. The quantitative estimate of drug-likeness (QED) is 0.686. The van der Waals surface area contributed by atoms with Crippen LogP contribution in [0.3, 0.4) is 0 Å². The predicted octanol–water partition coefficient (Wildman–Crippen LogP) is 3.79. The number of ether oxygens (including phenoxy) is 1. The lowest BCUT2D eigenvalue weighted by molar-refractivity contribution is -0.117. The molecule has 2 aromatic carbocycles. The lowest BCUT2D eigenvalue weighted by Gasteiger charge is -2.16. The molecule has 0 saturated carbocycles. The van der Waals surface area contributed by atoms with Gasteiger partial charge >= 0.3 is 0 Å². The van der Waals surface area contributed by atoms with E-state index in [-0.39, 0.29) is 23.9 Å². The molecule has 0 bridgehead atoms. The molecule has 6 nitrogen and oxygen atoms in total. The Morgan fingerprint density at radius 2 is 2.00 bits per heavy atom. The van der Waals surface area contributed by atoms with E-state index in [1.807, 2.05) is 31.2 Å². The van der Waals surface area contributed by atoms with Gasteiger partial charge in [-0.15, -0.1) is 0 Å². The second-order valence-corrected chi connectivity index (χ2v) is 6.24. The molecule has 1 aliphatic rings. The number of hydrogen-bond acceptors (Lipinski definition) is 5. The third kappa shape index (κ3) is 3.28. The lowest BCUT2D eigenvalue weighted by atomic mass is 10.1. The summed E-state index contributed by atoms with van der Waals surface area (Å²) < 4.78 is 25.0. The first kappa shape index (κ1) is 17.2. The minimum Gasteiger partial charge on any atom is -0.493 e. The molecule has 1 saturated heterocycles. The smallest absolute Gasteiger partial charge is 0.232 e. The van der Waals surface area contributed by atoms with E-state index in [0.717, 1.165) is 5.56 Å². The van der Waals surface area contributed by atoms with Gasteiger partial charge in [-0.3, -0.25) is 4.79 Å². The first-order valence-electron chi connectivity index (χ1n) is 8.78. The maximum Gasteiger partial charge on any atom is 0.232 e. The van der Waals surface area contributed by atoms with E-state index in [0.29, 0.717) is 30.6 Å². The van der Waals surface area contributed by atoms with Crippen molar-refractivity contribution >= 4 is 11.6 Å². The summed E-state index contributed by atoms with van der Waals surface area (Å²) in [4.78, 5) is 18.3.